The number of carbonyl (C=O) groups is 1. The van der Waals surface area contributed by atoms with E-state index in [1.807, 2.05) is 4.57 Å². The minimum Gasteiger partial charge on any atom is -0.463 e. The van der Waals surface area contributed by atoms with Crippen molar-refractivity contribution in [3.05, 3.63) is 39.5 Å². The highest BCUT2D eigenvalue weighted by molar-refractivity contribution is 7.71. The van der Waals surface area contributed by atoms with Gasteiger partial charge in [0.25, 0.3) is 5.56 Å². The van der Waals surface area contributed by atoms with Gasteiger partial charge in [0.2, 0.25) is 0 Å². The fourth-order valence-electron chi connectivity index (χ4n) is 1.75. The van der Waals surface area contributed by atoms with Crippen molar-refractivity contribution >= 4 is 18.2 Å². The number of esters is 1. The van der Waals surface area contributed by atoms with Gasteiger partial charge in [0.05, 0.1) is 6.61 Å². The zero-order valence-electron chi connectivity index (χ0n) is 11.7. The van der Waals surface area contributed by atoms with Crippen molar-refractivity contribution in [1.82, 2.24) is 9.55 Å². The van der Waals surface area contributed by atoms with Crippen LogP contribution in [0.4, 0.5) is 0 Å². The van der Waals surface area contributed by atoms with Crippen LogP contribution in [-0.4, -0.2) is 22.1 Å². The van der Waals surface area contributed by atoms with Crippen LogP contribution >= 0.6 is 12.2 Å². The summed E-state index contributed by atoms with van der Waals surface area (Å²) in [6.45, 7) is 6.31. The van der Waals surface area contributed by atoms with E-state index in [1.54, 1.807) is 13.1 Å². The van der Waals surface area contributed by atoms with E-state index in [1.165, 1.54) is 6.08 Å². The van der Waals surface area contributed by atoms with E-state index in [4.69, 9.17) is 17.0 Å². The molecule has 1 aromatic rings. The maximum absolute atomic E-state index is 11.3. The highest BCUT2D eigenvalue weighted by Crippen LogP contribution is 2.03. The summed E-state index contributed by atoms with van der Waals surface area (Å²) in [5, 5.41) is 0. The number of nitrogens with one attached hydrogen (secondary N) is 1. The highest BCUT2D eigenvalue weighted by Gasteiger charge is 1.99. The van der Waals surface area contributed by atoms with E-state index < -0.39 is 0 Å². The Hall–Kier alpha value is -1.69. The van der Waals surface area contributed by atoms with E-state index in [2.05, 4.69) is 11.6 Å². The minimum atomic E-state index is -0.375. The van der Waals surface area contributed by atoms with Gasteiger partial charge in [-0.15, -0.1) is 0 Å². The summed E-state index contributed by atoms with van der Waals surface area (Å²) < 4.78 is 7.22. The lowest BCUT2D eigenvalue weighted by atomic mass is 10.2. The fourth-order valence-corrected chi connectivity index (χ4v) is 1.99. The number of aromatic amines is 1. The van der Waals surface area contributed by atoms with Crippen LogP contribution in [0, 0.1) is 11.7 Å². The first kappa shape index (κ1) is 16.4. The van der Waals surface area contributed by atoms with Crippen molar-refractivity contribution in [2.45, 2.75) is 39.2 Å². The average Bonchev–Trinajstić information content (AvgIpc) is 2.42. The molecule has 6 heteroatoms. The first-order valence-electron chi connectivity index (χ1n) is 6.64. The number of H-pyrrole nitrogens is 1. The van der Waals surface area contributed by atoms with Crippen LogP contribution in [0.5, 0.6) is 0 Å². The molecule has 0 unspecified atom stereocenters. The minimum absolute atomic E-state index is 0.129. The van der Waals surface area contributed by atoms with Crippen LogP contribution in [0.3, 0.4) is 0 Å². The van der Waals surface area contributed by atoms with Crippen molar-refractivity contribution in [2.75, 3.05) is 6.61 Å². The highest BCUT2D eigenvalue weighted by atomic mass is 32.1. The Kier molecular flexibility index (Phi) is 6.93. The SMILES string of the molecule is C=CC(=O)OCCCCCCn1cc(C)c(=O)[nH]c1=S. The van der Waals surface area contributed by atoms with Gasteiger partial charge in [-0.05, 0) is 38.4 Å². The van der Waals surface area contributed by atoms with Crippen LogP contribution in [-0.2, 0) is 16.1 Å². The van der Waals surface area contributed by atoms with Crippen molar-refractivity contribution < 1.29 is 9.53 Å². The number of hydrogen-bond acceptors (Lipinski definition) is 4. The first-order chi connectivity index (χ1) is 9.54. The van der Waals surface area contributed by atoms with Gasteiger partial charge in [0, 0.05) is 24.4 Å². The molecule has 0 radical (unpaired) electrons. The standard InChI is InChI=1S/C14H20N2O3S/c1-3-12(17)19-9-7-5-4-6-8-16-10-11(2)13(18)15-14(16)20/h3,10H,1,4-9H2,2H3,(H,15,18,20). The topological polar surface area (TPSA) is 64.1 Å². The van der Waals surface area contributed by atoms with Crippen LogP contribution in [0.2, 0.25) is 0 Å². The molecule has 0 aliphatic carbocycles. The van der Waals surface area contributed by atoms with Gasteiger partial charge in [-0.2, -0.15) is 0 Å². The van der Waals surface area contributed by atoms with Crippen LogP contribution in [0.25, 0.3) is 0 Å². The Morgan fingerprint density at radius 3 is 2.85 bits per heavy atom. The zero-order chi connectivity index (χ0) is 15.0. The molecule has 0 atom stereocenters. The molecule has 0 bridgehead atoms. The van der Waals surface area contributed by atoms with Crippen molar-refractivity contribution in [2.24, 2.45) is 0 Å². The normalized spacial score (nSPS) is 10.2. The smallest absolute Gasteiger partial charge is 0.330 e. The van der Waals surface area contributed by atoms with E-state index in [0.717, 1.165) is 32.2 Å². The summed E-state index contributed by atoms with van der Waals surface area (Å²) in [4.78, 5) is 24.8. The molecular weight excluding hydrogens is 276 g/mol. The molecule has 0 aromatic carbocycles. The Bertz CT molecular complexity index is 575. The quantitative estimate of drug-likeness (QED) is 0.346. The van der Waals surface area contributed by atoms with E-state index >= 15 is 0 Å². The van der Waals surface area contributed by atoms with Crippen LogP contribution < -0.4 is 5.56 Å². The van der Waals surface area contributed by atoms with Crippen molar-refractivity contribution in [3.63, 3.8) is 0 Å². The Morgan fingerprint density at radius 2 is 2.15 bits per heavy atom. The molecule has 5 nitrogen and oxygen atoms in total. The molecule has 0 fully saturated rings. The molecule has 1 heterocycles. The monoisotopic (exact) mass is 296 g/mol. The van der Waals surface area contributed by atoms with Gasteiger partial charge in [-0.3, -0.25) is 9.78 Å². The van der Waals surface area contributed by atoms with Crippen molar-refractivity contribution in [3.8, 4) is 0 Å². The van der Waals surface area contributed by atoms with Gasteiger partial charge < -0.3 is 9.30 Å². The number of unbranched alkanes of at least 4 members (excludes halogenated alkanes) is 3. The third-order valence-electron chi connectivity index (χ3n) is 2.89. The molecule has 1 N–H and O–H groups in total. The Morgan fingerprint density at radius 1 is 1.45 bits per heavy atom. The molecular formula is C14H20N2O3S. The summed E-state index contributed by atoms with van der Waals surface area (Å²) in [7, 11) is 0. The summed E-state index contributed by atoms with van der Waals surface area (Å²) >= 11 is 5.10. The second-order valence-corrected chi connectivity index (χ2v) is 4.94. The third kappa shape index (κ3) is 5.52. The Balaban J connectivity index is 2.23. The number of rotatable bonds is 8. The summed E-state index contributed by atoms with van der Waals surface area (Å²) in [6.07, 6.45) is 6.77. The second kappa shape index (κ2) is 8.47. The van der Waals surface area contributed by atoms with Gasteiger partial charge in [-0.25, -0.2) is 4.79 Å². The average molecular weight is 296 g/mol. The molecule has 0 saturated carbocycles. The number of aryl methyl sites for hydroxylation is 2. The van der Waals surface area contributed by atoms with Crippen LogP contribution in [0.15, 0.2) is 23.6 Å². The van der Waals surface area contributed by atoms with Gasteiger partial charge in [0.1, 0.15) is 0 Å². The number of ether oxygens (including phenoxy) is 1. The lowest BCUT2D eigenvalue weighted by Crippen LogP contribution is -2.15. The van der Waals surface area contributed by atoms with Gasteiger partial charge >= 0.3 is 5.97 Å². The molecule has 0 aliphatic rings. The molecule has 1 rings (SSSR count). The van der Waals surface area contributed by atoms with Gasteiger partial charge in [-0.1, -0.05) is 13.0 Å². The maximum Gasteiger partial charge on any atom is 0.330 e. The number of aromatic nitrogens is 2. The predicted octanol–water partition coefficient (Wildman–Crippen LogP) is 2.50. The number of nitrogens with zero attached hydrogens (tertiary/aromatic N) is 1. The van der Waals surface area contributed by atoms with E-state index in [9.17, 15) is 9.59 Å². The predicted molar refractivity (Wildman–Crippen MR) is 80.2 cm³/mol. The summed E-state index contributed by atoms with van der Waals surface area (Å²) in [5.41, 5.74) is 0.533. The van der Waals surface area contributed by atoms with E-state index in [0.29, 0.717) is 16.9 Å². The van der Waals surface area contributed by atoms with Gasteiger partial charge in [0.15, 0.2) is 4.77 Å². The third-order valence-corrected chi connectivity index (χ3v) is 3.23. The second-order valence-electron chi connectivity index (χ2n) is 4.55. The zero-order valence-corrected chi connectivity index (χ0v) is 12.5. The lowest BCUT2D eigenvalue weighted by Gasteiger charge is -2.07. The molecule has 110 valence electrons. The molecule has 0 amide bonds. The maximum atomic E-state index is 11.3. The molecule has 0 aliphatic heterocycles. The fraction of sp³-hybridized carbons (Fsp3) is 0.500. The molecule has 0 spiro atoms. The number of carbonyl (C=O) groups excluding carboxylic acids is 1. The molecule has 1 aromatic heterocycles. The molecule has 0 saturated heterocycles. The largest absolute Gasteiger partial charge is 0.463 e. The lowest BCUT2D eigenvalue weighted by molar-refractivity contribution is -0.137. The van der Waals surface area contributed by atoms with E-state index in [-0.39, 0.29) is 11.5 Å². The van der Waals surface area contributed by atoms with Crippen LogP contribution in [0.1, 0.15) is 31.2 Å². The summed E-state index contributed by atoms with van der Waals surface area (Å²) in [5.74, 6) is -0.375. The Labute approximate surface area is 123 Å². The molecule has 20 heavy (non-hydrogen) atoms. The summed E-state index contributed by atoms with van der Waals surface area (Å²) in [6, 6.07) is 0. The first-order valence-corrected chi connectivity index (χ1v) is 7.05. The number of hydrogen-bond donors (Lipinski definition) is 1. The van der Waals surface area contributed by atoms with Crippen molar-refractivity contribution in [1.29, 1.82) is 0 Å².